The first kappa shape index (κ1) is 18.4. The first-order valence-corrected chi connectivity index (χ1v) is 9.35. The molecule has 2 aromatic rings. The van der Waals surface area contributed by atoms with Crippen LogP contribution in [-0.2, 0) is 10.5 Å². The Morgan fingerprint density at radius 2 is 1.88 bits per heavy atom. The average Bonchev–Trinajstić information content (AvgIpc) is 2.58. The van der Waals surface area contributed by atoms with E-state index in [-0.39, 0.29) is 5.91 Å². The molecule has 0 unspecified atom stereocenters. The number of carbonyl (C=O) groups is 1. The fourth-order valence-corrected chi connectivity index (χ4v) is 3.02. The highest BCUT2D eigenvalue weighted by Gasteiger charge is 2.14. The summed E-state index contributed by atoms with van der Waals surface area (Å²) in [6.07, 6.45) is -0.494. The maximum Gasteiger partial charge on any atom is 0.260 e. The Morgan fingerprint density at radius 1 is 1.12 bits per heavy atom. The zero-order chi connectivity index (χ0) is 17.4. The van der Waals surface area contributed by atoms with E-state index < -0.39 is 6.10 Å². The third kappa shape index (κ3) is 5.93. The molecule has 1 atom stereocenters. The quantitative estimate of drug-likeness (QED) is 0.733. The Balaban J connectivity index is 1.67. The van der Waals surface area contributed by atoms with Gasteiger partial charge < -0.3 is 10.1 Å². The van der Waals surface area contributed by atoms with Crippen molar-refractivity contribution < 1.29 is 9.53 Å². The molecular formula is C20H25NO2S. The zero-order valence-electron chi connectivity index (χ0n) is 14.5. The Morgan fingerprint density at radius 3 is 2.58 bits per heavy atom. The SMILES string of the molecule is Cc1ccc(O[C@H](C)C(=O)NCCSCc2ccccc2)cc1C. The molecule has 128 valence electrons. The van der Waals surface area contributed by atoms with Crippen LogP contribution in [0.2, 0.25) is 0 Å². The Labute approximate surface area is 148 Å². The second-order valence-electron chi connectivity index (χ2n) is 5.84. The van der Waals surface area contributed by atoms with Gasteiger partial charge in [-0.2, -0.15) is 11.8 Å². The predicted octanol–water partition coefficient (Wildman–Crippen LogP) is 4.12. The number of ether oxygens (including phenoxy) is 1. The third-order valence-electron chi connectivity index (χ3n) is 3.82. The van der Waals surface area contributed by atoms with Crippen LogP contribution >= 0.6 is 11.8 Å². The van der Waals surface area contributed by atoms with Gasteiger partial charge in [-0.1, -0.05) is 36.4 Å². The first-order chi connectivity index (χ1) is 11.6. The smallest absolute Gasteiger partial charge is 0.260 e. The molecule has 0 spiro atoms. The van der Waals surface area contributed by atoms with Gasteiger partial charge in [-0.05, 0) is 49.6 Å². The largest absolute Gasteiger partial charge is 0.481 e. The molecule has 0 saturated carbocycles. The van der Waals surface area contributed by atoms with E-state index in [1.165, 1.54) is 11.1 Å². The maximum absolute atomic E-state index is 12.1. The molecule has 0 radical (unpaired) electrons. The summed E-state index contributed by atoms with van der Waals surface area (Å²) in [7, 11) is 0. The van der Waals surface area contributed by atoms with Crippen molar-refractivity contribution in [3.8, 4) is 5.75 Å². The van der Waals surface area contributed by atoms with Gasteiger partial charge in [0, 0.05) is 18.1 Å². The van der Waals surface area contributed by atoms with E-state index in [4.69, 9.17) is 4.74 Å². The number of hydrogen-bond acceptors (Lipinski definition) is 3. The van der Waals surface area contributed by atoms with Crippen LogP contribution in [0.3, 0.4) is 0 Å². The fraction of sp³-hybridized carbons (Fsp3) is 0.350. The second kappa shape index (κ2) is 9.38. The van der Waals surface area contributed by atoms with Gasteiger partial charge in [0.2, 0.25) is 0 Å². The normalized spacial score (nSPS) is 11.8. The van der Waals surface area contributed by atoms with Crippen LogP contribution in [0.5, 0.6) is 5.75 Å². The van der Waals surface area contributed by atoms with E-state index in [1.54, 1.807) is 6.92 Å². The molecule has 24 heavy (non-hydrogen) atoms. The van der Waals surface area contributed by atoms with Crippen molar-refractivity contribution in [2.24, 2.45) is 0 Å². The fourth-order valence-electron chi connectivity index (χ4n) is 2.20. The van der Waals surface area contributed by atoms with Crippen molar-refractivity contribution in [1.29, 1.82) is 0 Å². The van der Waals surface area contributed by atoms with E-state index in [2.05, 4.69) is 24.4 Å². The Kier molecular flexibility index (Phi) is 7.19. The molecule has 1 N–H and O–H groups in total. The molecule has 0 saturated heterocycles. The van der Waals surface area contributed by atoms with E-state index in [0.29, 0.717) is 6.54 Å². The number of nitrogens with one attached hydrogen (secondary N) is 1. The maximum atomic E-state index is 12.1. The summed E-state index contributed by atoms with van der Waals surface area (Å²) >= 11 is 1.81. The van der Waals surface area contributed by atoms with Crippen molar-refractivity contribution in [2.45, 2.75) is 32.6 Å². The van der Waals surface area contributed by atoms with Gasteiger partial charge in [0.05, 0.1) is 0 Å². The summed E-state index contributed by atoms with van der Waals surface area (Å²) in [6.45, 7) is 6.53. The lowest BCUT2D eigenvalue weighted by molar-refractivity contribution is -0.127. The van der Waals surface area contributed by atoms with Gasteiger partial charge in [0.1, 0.15) is 5.75 Å². The number of thioether (sulfide) groups is 1. The molecule has 3 nitrogen and oxygen atoms in total. The molecule has 0 aliphatic heterocycles. The second-order valence-corrected chi connectivity index (χ2v) is 6.94. The van der Waals surface area contributed by atoms with Crippen LogP contribution in [0, 0.1) is 13.8 Å². The Hall–Kier alpha value is -1.94. The first-order valence-electron chi connectivity index (χ1n) is 8.19. The summed E-state index contributed by atoms with van der Waals surface area (Å²) in [5.74, 6) is 2.51. The molecule has 0 heterocycles. The van der Waals surface area contributed by atoms with Crippen LogP contribution in [-0.4, -0.2) is 24.3 Å². The monoisotopic (exact) mass is 343 g/mol. The number of benzene rings is 2. The minimum absolute atomic E-state index is 0.0754. The standard InChI is InChI=1S/C20H25NO2S/c1-15-9-10-19(13-16(15)2)23-17(3)20(22)21-11-12-24-14-18-7-5-4-6-8-18/h4-10,13,17H,11-12,14H2,1-3H3,(H,21,22)/t17-/m1/s1. The van der Waals surface area contributed by atoms with Gasteiger partial charge >= 0.3 is 0 Å². The molecule has 2 rings (SSSR count). The highest BCUT2D eigenvalue weighted by Crippen LogP contribution is 2.17. The lowest BCUT2D eigenvalue weighted by Crippen LogP contribution is -2.37. The molecule has 0 aliphatic carbocycles. The van der Waals surface area contributed by atoms with Gasteiger partial charge in [-0.15, -0.1) is 0 Å². The van der Waals surface area contributed by atoms with Crippen LogP contribution < -0.4 is 10.1 Å². The van der Waals surface area contributed by atoms with Crippen molar-refractivity contribution in [2.75, 3.05) is 12.3 Å². The van der Waals surface area contributed by atoms with E-state index in [1.807, 2.05) is 55.1 Å². The minimum atomic E-state index is -0.494. The average molecular weight is 343 g/mol. The zero-order valence-corrected chi connectivity index (χ0v) is 15.4. The predicted molar refractivity (Wildman–Crippen MR) is 102 cm³/mol. The molecular weight excluding hydrogens is 318 g/mol. The van der Waals surface area contributed by atoms with Crippen LogP contribution in [0.4, 0.5) is 0 Å². The lowest BCUT2D eigenvalue weighted by Gasteiger charge is -2.15. The van der Waals surface area contributed by atoms with Gasteiger partial charge in [0.15, 0.2) is 6.10 Å². The number of hydrogen-bond donors (Lipinski definition) is 1. The van der Waals surface area contributed by atoms with Crippen molar-refractivity contribution >= 4 is 17.7 Å². The molecule has 0 bridgehead atoms. The summed E-state index contributed by atoms with van der Waals surface area (Å²) < 4.78 is 5.72. The molecule has 0 fully saturated rings. The third-order valence-corrected chi connectivity index (χ3v) is 4.85. The summed E-state index contributed by atoms with van der Waals surface area (Å²) in [6, 6.07) is 16.2. The molecule has 1 amide bonds. The van der Waals surface area contributed by atoms with Crippen molar-refractivity contribution in [3.63, 3.8) is 0 Å². The molecule has 0 aliphatic rings. The topological polar surface area (TPSA) is 38.3 Å². The highest BCUT2D eigenvalue weighted by molar-refractivity contribution is 7.98. The number of aryl methyl sites for hydroxylation is 2. The van der Waals surface area contributed by atoms with Gasteiger partial charge in [-0.3, -0.25) is 4.79 Å². The number of rotatable bonds is 8. The minimum Gasteiger partial charge on any atom is -0.481 e. The Bertz CT molecular complexity index is 658. The van der Waals surface area contributed by atoms with Gasteiger partial charge in [0.25, 0.3) is 5.91 Å². The molecule has 4 heteroatoms. The summed E-state index contributed by atoms with van der Waals surface area (Å²) in [4.78, 5) is 12.1. The van der Waals surface area contributed by atoms with Gasteiger partial charge in [-0.25, -0.2) is 0 Å². The van der Waals surface area contributed by atoms with Crippen LogP contribution in [0.1, 0.15) is 23.6 Å². The summed E-state index contributed by atoms with van der Waals surface area (Å²) in [5, 5.41) is 2.93. The van der Waals surface area contributed by atoms with E-state index in [9.17, 15) is 4.79 Å². The number of amides is 1. The van der Waals surface area contributed by atoms with Crippen LogP contribution in [0.25, 0.3) is 0 Å². The molecule has 0 aromatic heterocycles. The molecule has 2 aromatic carbocycles. The summed E-state index contributed by atoms with van der Waals surface area (Å²) in [5.41, 5.74) is 3.69. The van der Waals surface area contributed by atoms with Crippen LogP contribution in [0.15, 0.2) is 48.5 Å². The van der Waals surface area contributed by atoms with E-state index in [0.717, 1.165) is 22.8 Å². The van der Waals surface area contributed by atoms with Crippen molar-refractivity contribution in [1.82, 2.24) is 5.32 Å². The number of carbonyl (C=O) groups excluding carboxylic acids is 1. The van der Waals surface area contributed by atoms with E-state index >= 15 is 0 Å². The highest BCUT2D eigenvalue weighted by atomic mass is 32.2. The van der Waals surface area contributed by atoms with Crippen molar-refractivity contribution in [3.05, 3.63) is 65.2 Å². The lowest BCUT2D eigenvalue weighted by atomic mass is 10.1.